The van der Waals surface area contributed by atoms with Gasteiger partial charge >= 0.3 is 0 Å². The van der Waals surface area contributed by atoms with Crippen LogP contribution in [-0.2, 0) is 16.7 Å². The van der Waals surface area contributed by atoms with E-state index in [4.69, 9.17) is 4.74 Å². The fourth-order valence-corrected chi connectivity index (χ4v) is 2.58. The molecule has 0 spiro atoms. The SMILES string of the molecule is COCCn1c(C(C)(C)C)cc(=O)c2cc(Br)cnc21. The van der Waals surface area contributed by atoms with Crippen LogP contribution in [0, 0.1) is 0 Å². The van der Waals surface area contributed by atoms with Gasteiger partial charge in [0.2, 0.25) is 0 Å². The van der Waals surface area contributed by atoms with E-state index >= 15 is 0 Å². The quantitative estimate of drug-likeness (QED) is 0.863. The van der Waals surface area contributed by atoms with Crippen LogP contribution in [0.15, 0.2) is 27.6 Å². The third kappa shape index (κ3) is 2.94. The van der Waals surface area contributed by atoms with E-state index in [0.717, 1.165) is 10.2 Å². The first-order chi connectivity index (χ1) is 9.34. The minimum atomic E-state index is -0.129. The molecular formula is C15H19BrN2O2. The number of aromatic nitrogens is 2. The van der Waals surface area contributed by atoms with E-state index in [1.165, 1.54) is 0 Å². The summed E-state index contributed by atoms with van der Waals surface area (Å²) in [5.41, 5.74) is 1.56. The Morgan fingerprint density at radius 3 is 2.65 bits per heavy atom. The molecule has 2 rings (SSSR count). The number of fused-ring (bicyclic) bond motifs is 1. The Morgan fingerprint density at radius 2 is 2.05 bits per heavy atom. The van der Waals surface area contributed by atoms with Gasteiger partial charge in [-0.05, 0) is 22.0 Å². The highest BCUT2D eigenvalue weighted by Gasteiger charge is 2.21. The van der Waals surface area contributed by atoms with Gasteiger partial charge in [0.05, 0.1) is 12.0 Å². The van der Waals surface area contributed by atoms with Gasteiger partial charge in [-0.15, -0.1) is 0 Å². The molecule has 0 unspecified atom stereocenters. The lowest BCUT2D eigenvalue weighted by molar-refractivity contribution is 0.186. The normalized spacial score (nSPS) is 12.1. The number of hydrogen-bond donors (Lipinski definition) is 0. The molecule has 0 aliphatic rings. The number of nitrogens with zero attached hydrogens (tertiary/aromatic N) is 2. The number of methoxy groups -OCH3 is 1. The van der Waals surface area contributed by atoms with E-state index in [9.17, 15) is 4.79 Å². The van der Waals surface area contributed by atoms with E-state index in [1.807, 2.05) is 6.07 Å². The van der Waals surface area contributed by atoms with Crippen molar-refractivity contribution >= 4 is 27.0 Å². The molecule has 2 aromatic rings. The van der Waals surface area contributed by atoms with Crippen LogP contribution in [0.3, 0.4) is 0 Å². The zero-order valence-electron chi connectivity index (χ0n) is 12.2. The summed E-state index contributed by atoms with van der Waals surface area (Å²) in [4.78, 5) is 16.7. The second kappa shape index (κ2) is 5.66. The zero-order valence-corrected chi connectivity index (χ0v) is 13.8. The summed E-state index contributed by atoms with van der Waals surface area (Å²) < 4.78 is 8.07. The van der Waals surface area contributed by atoms with Crippen LogP contribution in [0.1, 0.15) is 26.5 Å². The zero-order chi connectivity index (χ0) is 14.9. The van der Waals surface area contributed by atoms with Crippen LogP contribution in [0.5, 0.6) is 0 Å². The maximum atomic E-state index is 12.3. The van der Waals surface area contributed by atoms with E-state index in [1.54, 1.807) is 19.4 Å². The minimum absolute atomic E-state index is 0.00684. The van der Waals surface area contributed by atoms with Crippen molar-refractivity contribution in [3.05, 3.63) is 38.7 Å². The van der Waals surface area contributed by atoms with Crippen LogP contribution in [-0.4, -0.2) is 23.3 Å². The summed E-state index contributed by atoms with van der Waals surface area (Å²) in [7, 11) is 1.67. The molecular weight excluding hydrogens is 320 g/mol. The van der Waals surface area contributed by atoms with Gasteiger partial charge in [0.15, 0.2) is 5.43 Å². The molecule has 5 heteroatoms. The van der Waals surface area contributed by atoms with Crippen molar-refractivity contribution in [3.8, 4) is 0 Å². The third-order valence-corrected chi connectivity index (χ3v) is 3.63. The van der Waals surface area contributed by atoms with Crippen molar-refractivity contribution in [1.29, 1.82) is 0 Å². The second-order valence-electron chi connectivity index (χ2n) is 5.81. The minimum Gasteiger partial charge on any atom is -0.383 e. The van der Waals surface area contributed by atoms with Crippen LogP contribution in [0.25, 0.3) is 11.0 Å². The Labute approximate surface area is 126 Å². The van der Waals surface area contributed by atoms with Gasteiger partial charge in [-0.3, -0.25) is 4.79 Å². The highest BCUT2D eigenvalue weighted by Crippen LogP contribution is 2.24. The Balaban J connectivity index is 2.79. The summed E-state index contributed by atoms with van der Waals surface area (Å²) in [5.74, 6) is 0. The fourth-order valence-electron chi connectivity index (χ4n) is 2.25. The molecule has 0 saturated carbocycles. The number of halogens is 1. The first-order valence-corrected chi connectivity index (χ1v) is 7.32. The molecule has 0 bridgehead atoms. The Bertz CT molecular complexity index is 687. The van der Waals surface area contributed by atoms with Crippen molar-refractivity contribution in [2.24, 2.45) is 0 Å². The van der Waals surface area contributed by atoms with Crippen molar-refractivity contribution in [3.63, 3.8) is 0 Å². The molecule has 0 atom stereocenters. The summed E-state index contributed by atoms with van der Waals surface area (Å²) in [6.45, 7) is 7.54. The molecule has 0 aromatic carbocycles. The molecule has 0 fully saturated rings. The highest BCUT2D eigenvalue weighted by molar-refractivity contribution is 9.10. The molecule has 0 radical (unpaired) electrons. The van der Waals surface area contributed by atoms with Crippen LogP contribution in [0.2, 0.25) is 0 Å². The molecule has 0 N–H and O–H groups in total. The largest absolute Gasteiger partial charge is 0.383 e. The van der Waals surface area contributed by atoms with Crippen LogP contribution >= 0.6 is 15.9 Å². The van der Waals surface area contributed by atoms with Gasteiger partial charge < -0.3 is 9.30 Å². The first-order valence-electron chi connectivity index (χ1n) is 6.53. The number of pyridine rings is 2. The van der Waals surface area contributed by atoms with Crippen molar-refractivity contribution in [2.75, 3.05) is 13.7 Å². The molecule has 0 amide bonds. The maximum Gasteiger partial charge on any atom is 0.191 e. The molecule has 0 aliphatic heterocycles. The lowest BCUT2D eigenvalue weighted by atomic mass is 9.90. The summed E-state index contributed by atoms with van der Waals surface area (Å²) in [6, 6.07) is 3.53. The predicted octanol–water partition coefficient (Wildman–Crippen LogP) is 3.10. The van der Waals surface area contributed by atoms with Gasteiger partial charge in [0.1, 0.15) is 5.65 Å². The van der Waals surface area contributed by atoms with Crippen molar-refractivity contribution < 1.29 is 4.74 Å². The first kappa shape index (κ1) is 15.2. The van der Waals surface area contributed by atoms with Gasteiger partial charge in [-0.2, -0.15) is 0 Å². The van der Waals surface area contributed by atoms with Crippen LogP contribution in [0.4, 0.5) is 0 Å². The van der Waals surface area contributed by atoms with Gasteiger partial charge in [0.25, 0.3) is 0 Å². The average Bonchev–Trinajstić information content (AvgIpc) is 2.36. The maximum absolute atomic E-state index is 12.3. The van der Waals surface area contributed by atoms with E-state index in [0.29, 0.717) is 24.2 Å². The average molecular weight is 339 g/mol. The number of ether oxygens (including phenoxy) is 1. The number of hydrogen-bond acceptors (Lipinski definition) is 3. The molecule has 108 valence electrons. The summed E-state index contributed by atoms with van der Waals surface area (Å²) >= 11 is 3.37. The number of rotatable bonds is 3. The van der Waals surface area contributed by atoms with Gasteiger partial charge in [-0.1, -0.05) is 20.8 Å². The Kier molecular flexibility index (Phi) is 4.30. The molecule has 4 nitrogen and oxygen atoms in total. The lowest BCUT2D eigenvalue weighted by Gasteiger charge is -2.25. The molecule has 20 heavy (non-hydrogen) atoms. The summed E-state index contributed by atoms with van der Waals surface area (Å²) in [5, 5.41) is 0.628. The standard InChI is InChI=1S/C15H19BrN2O2/c1-15(2,3)13-8-12(19)11-7-10(16)9-17-14(11)18(13)5-6-20-4/h7-9H,5-6H2,1-4H3. The van der Waals surface area contributed by atoms with Gasteiger partial charge in [-0.25, -0.2) is 4.98 Å². The topological polar surface area (TPSA) is 44.1 Å². The fraction of sp³-hybridized carbons (Fsp3) is 0.467. The smallest absolute Gasteiger partial charge is 0.191 e. The third-order valence-electron chi connectivity index (χ3n) is 3.20. The molecule has 0 aliphatic carbocycles. The Morgan fingerprint density at radius 1 is 1.35 bits per heavy atom. The van der Waals surface area contributed by atoms with E-state index < -0.39 is 0 Å². The van der Waals surface area contributed by atoms with Crippen molar-refractivity contribution in [1.82, 2.24) is 9.55 Å². The Hall–Kier alpha value is -1.20. The molecule has 2 aromatic heterocycles. The lowest BCUT2D eigenvalue weighted by Crippen LogP contribution is -2.25. The molecule has 2 heterocycles. The van der Waals surface area contributed by atoms with Gasteiger partial charge in [0, 0.05) is 41.5 Å². The molecule has 0 saturated heterocycles. The highest BCUT2D eigenvalue weighted by atomic mass is 79.9. The van der Waals surface area contributed by atoms with Crippen molar-refractivity contribution in [2.45, 2.75) is 32.7 Å². The van der Waals surface area contributed by atoms with E-state index in [2.05, 4.69) is 46.3 Å². The predicted molar refractivity (Wildman–Crippen MR) is 84.3 cm³/mol. The second-order valence-corrected chi connectivity index (χ2v) is 6.73. The van der Waals surface area contributed by atoms with Crippen LogP contribution < -0.4 is 5.43 Å². The van der Waals surface area contributed by atoms with E-state index in [-0.39, 0.29) is 10.8 Å². The summed E-state index contributed by atoms with van der Waals surface area (Å²) in [6.07, 6.45) is 1.72. The monoisotopic (exact) mass is 338 g/mol.